The lowest BCUT2D eigenvalue weighted by atomic mass is 9.81. The molecule has 0 amide bonds. The van der Waals surface area contributed by atoms with Crippen molar-refractivity contribution in [2.75, 3.05) is 11.9 Å². The van der Waals surface area contributed by atoms with Crippen LogP contribution in [0.5, 0.6) is 0 Å². The van der Waals surface area contributed by atoms with E-state index in [1.54, 1.807) is 0 Å². The number of aromatic nitrogens is 3. The fraction of sp³-hybridized carbons (Fsp3) is 0.625. The van der Waals surface area contributed by atoms with Gasteiger partial charge in [-0.1, -0.05) is 26.2 Å². The standard InChI is InChI=1S/C16H24N4/c1-3-12-4-6-13(7-5-12)10-18-16-15-14(8-9-17-16)20(2)11-19-15/h8-9,11-13H,3-7,10H2,1-2H3,(H,17,18). The molecule has 4 nitrogen and oxygen atoms in total. The Bertz CT molecular complexity index is 567. The van der Waals surface area contributed by atoms with Crippen molar-refractivity contribution in [1.82, 2.24) is 14.5 Å². The lowest BCUT2D eigenvalue weighted by Gasteiger charge is -2.28. The molecule has 20 heavy (non-hydrogen) atoms. The van der Waals surface area contributed by atoms with Crippen molar-refractivity contribution < 1.29 is 0 Å². The average molecular weight is 272 g/mol. The Hall–Kier alpha value is -1.58. The van der Waals surface area contributed by atoms with E-state index < -0.39 is 0 Å². The number of nitrogens with zero attached hydrogens (tertiary/aromatic N) is 3. The normalized spacial score (nSPS) is 23.1. The minimum Gasteiger partial charge on any atom is -0.368 e. The van der Waals surface area contributed by atoms with Crippen molar-refractivity contribution in [3.63, 3.8) is 0 Å². The lowest BCUT2D eigenvalue weighted by molar-refractivity contribution is 0.278. The van der Waals surface area contributed by atoms with Gasteiger partial charge in [-0.3, -0.25) is 0 Å². The van der Waals surface area contributed by atoms with Crippen LogP contribution < -0.4 is 5.32 Å². The Morgan fingerprint density at radius 3 is 2.70 bits per heavy atom. The molecule has 0 saturated heterocycles. The molecule has 0 aromatic carbocycles. The molecule has 108 valence electrons. The third kappa shape index (κ3) is 2.65. The van der Waals surface area contributed by atoms with Gasteiger partial charge in [-0.2, -0.15) is 0 Å². The van der Waals surface area contributed by atoms with Crippen LogP contribution in [-0.2, 0) is 7.05 Å². The molecule has 0 radical (unpaired) electrons. The first-order chi connectivity index (χ1) is 9.78. The van der Waals surface area contributed by atoms with Gasteiger partial charge in [0.05, 0.1) is 11.8 Å². The molecule has 4 heteroatoms. The Morgan fingerprint density at radius 2 is 1.95 bits per heavy atom. The van der Waals surface area contributed by atoms with E-state index in [9.17, 15) is 0 Å². The van der Waals surface area contributed by atoms with Crippen LogP contribution in [0.1, 0.15) is 39.0 Å². The monoisotopic (exact) mass is 272 g/mol. The number of anilines is 1. The number of imidazole rings is 1. The van der Waals surface area contributed by atoms with Crippen LogP contribution in [0.25, 0.3) is 11.0 Å². The summed E-state index contributed by atoms with van der Waals surface area (Å²) in [6, 6.07) is 2.01. The number of hydrogen-bond acceptors (Lipinski definition) is 3. The predicted molar refractivity (Wildman–Crippen MR) is 82.7 cm³/mol. The summed E-state index contributed by atoms with van der Waals surface area (Å²) in [7, 11) is 2.02. The first-order valence-corrected chi connectivity index (χ1v) is 7.77. The molecule has 3 rings (SSSR count). The molecule has 1 N–H and O–H groups in total. The summed E-state index contributed by atoms with van der Waals surface area (Å²) in [4.78, 5) is 8.89. The van der Waals surface area contributed by atoms with Crippen molar-refractivity contribution >= 4 is 16.9 Å². The van der Waals surface area contributed by atoms with E-state index in [-0.39, 0.29) is 0 Å². The highest BCUT2D eigenvalue weighted by molar-refractivity contribution is 5.85. The molecule has 0 bridgehead atoms. The van der Waals surface area contributed by atoms with Gasteiger partial charge >= 0.3 is 0 Å². The molecular weight excluding hydrogens is 248 g/mol. The second-order valence-electron chi connectivity index (χ2n) is 6.06. The van der Waals surface area contributed by atoms with Crippen molar-refractivity contribution in [2.45, 2.75) is 39.0 Å². The van der Waals surface area contributed by atoms with Crippen LogP contribution in [0, 0.1) is 11.8 Å². The van der Waals surface area contributed by atoms with E-state index in [1.165, 1.54) is 32.1 Å². The summed E-state index contributed by atoms with van der Waals surface area (Å²) in [5, 5.41) is 3.52. The molecule has 1 aliphatic carbocycles. The second kappa shape index (κ2) is 5.81. The van der Waals surface area contributed by atoms with Crippen molar-refractivity contribution in [3.05, 3.63) is 18.6 Å². The van der Waals surface area contributed by atoms with Gasteiger partial charge in [0, 0.05) is 19.8 Å². The summed E-state index contributed by atoms with van der Waals surface area (Å²) in [5.74, 6) is 2.68. The fourth-order valence-electron chi connectivity index (χ4n) is 3.28. The van der Waals surface area contributed by atoms with E-state index >= 15 is 0 Å². The number of rotatable bonds is 4. The van der Waals surface area contributed by atoms with E-state index in [0.29, 0.717) is 0 Å². The zero-order valence-electron chi connectivity index (χ0n) is 12.5. The van der Waals surface area contributed by atoms with Gasteiger partial charge in [-0.05, 0) is 30.7 Å². The highest BCUT2D eigenvalue weighted by Gasteiger charge is 2.20. The molecule has 2 aromatic rings. The first-order valence-electron chi connectivity index (χ1n) is 7.77. The molecule has 1 aliphatic rings. The summed E-state index contributed by atoms with van der Waals surface area (Å²) in [6.45, 7) is 3.34. The number of nitrogens with one attached hydrogen (secondary N) is 1. The maximum absolute atomic E-state index is 4.45. The highest BCUT2D eigenvalue weighted by atomic mass is 15.1. The van der Waals surface area contributed by atoms with Crippen LogP contribution in [0.2, 0.25) is 0 Å². The summed E-state index contributed by atoms with van der Waals surface area (Å²) >= 11 is 0. The molecule has 0 spiro atoms. The molecule has 0 atom stereocenters. The van der Waals surface area contributed by atoms with Crippen molar-refractivity contribution in [3.8, 4) is 0 Å². The minimum atomic E-state index is 0.790. The number of aryl methyl sites for hydroxylation is 1. The zero-order chi connectivity index (χ0) is 13.9. The maximum atomic E-state index is 4.45. The first kappa shape index (κ1) is 13.4. The van der Waals surface area contributed by atoms with E-state index in [0.717, 1.165) is 35.2 Å². The van der Waals surface area contributed by atoms with Gasteiger partial charge in [0.25, 0.3) is 0 Å². The topological polar surface area (TPSA) is 42.7 Å². The van der Waals surface area contributed by atoms with Crippen molar-refractivity contribution in [1.29, 1.82) is 0 Å². The Balaban J connectivity index is 1.63. The third-order valence-electron chi connectivity index (χ3n) is 4.74. The fourth-order valence-corrected chi connectivity index (χ4v) is 3.28. The van der Waals surface area contributed by atoms with Gasteiger partial charge in [0.2, 0.25) is 0 Å². The molecule has 1 saturated carbocycles. The van der Waals surface area contributed by atoms with Crippen molar-refractivity contribution in [2.24, 2.45) is 18.9 Å². The maximum Gasteiger partial charge on any atom is 0.154 e. The molecular formula is C16H24N4. The molecule has 2 aromatic heterocycles. The van der Waals surface area contributed by atoms with Crippen LogP contribution in [0.15, 0.2) is 18.6 Å². The van der Waals surface area contributed by atoms with Gasteiger partial charge in [0.1, 0.15) is 5.52 Å². The van der Waals surface area contributed by atoms with Crippen LogP contribution in [0.3, 0.4) is 0 Å². The molecule has 0 aliphatic heterocycles. The van der Waals surface area contributed by atoms with E-state index in [4.69, 9.17) is 0 Å². The number of fused-ring (bicyclic) bond motifs is 1. The van der Waals surface area contributed by atoms with Gasteiger partial charge < -0.3 is 9.88 Å². The van der Waals surface area contributed by atoms with Crippen LogP contribution in [0.4, 0.5) is 5.82 Å². The minimum absolute atomic E-state index is 0.790. The van der Waals surface area contributed by atoms with E-state index in [1.807, 2.05) is 30.2 Å². The van der Waals surface area contributed by atoms with Gasteiger partial charge in [-0.25, -0.2) is 9.97 Å². The number of hydrogen-bond donors (Lipinski definition) is 1. The number of pyridine rings is 1. The summed E-state index contributed by atoms with van der Waals surface area (Å²) < 4.78 is 2.04. The Labute approximate surface area is 120 Å². The SMILES string of the molecule is CCC1CCC(CNc2nccc3c2ncn3C)CC1. The Morgan fingerprint density at radius 1 is 1.20 bits per heavy atom. The average Bonchev–Trinajstić information content (AvgIpc) is 2.88. The highest BCUT2D eigenvalue weighted by Crippen LogP contribution is 2.31. The second-order valence-corrected chi connectivity index (χ2v) is 6.06. The quantitative estimate of drug-likeness (QED) is 0.924. The third-order valence-corrected chi connectivity index (χ3v) is 4.74. The van der Waals surface area contributed by atoms with Gasteiger partial charge in [0.15, 0.2) is 5.82 Å². The summed E-state index contributed by atoms with van der Waals surface area (Å²) in [6.07, 6.45) is 10.5. The molecule has 2 heterocycles. The zero-order valence-corrected chi connectivity index (χ0v) is 12.5. The summed E-state index contributed by atoms with van der Waals surface area (Å²) in [5.41, 5.74) is 2.12. The Kier molecular flexibility index (Phi) is 3.90. The van der Waals surface area contributed by atoms with Crippen LogP contribution in [-0.4, -0.2) is 21.1 Å². The predicted octanol–water partition coefficient (Wildman–Crippen LogP) is 3.60. The molecule has 0 unspecified atom stereocenters. The smallest absolute Gasteiger partial charge is 0.154 e. The largest absolute Gasteiger partial charge is 0.368 e. The van der Waals surface area contributed by atoms with E-state index in [2.05, 4.69) is 22.2 Å². The van der Waals surface area contributed by atoms with Crippen LogP contribution >= 0.6 is 0 Å². The van der Waals surface area contributed by atoms with Gasteiger partial charge in [-0.15, -0.1) is 0 Å². The lowest BCUT2D eigenvalue weighted by Crippen LogP contribution is -2.21. The molecule has 1 fully saturated rings.